The highest BCUT2D eigenvalue weighted by atomic mass is 15.1. The molecule has 1 aliphatic carbocycles. The third-order valence-corrected chi connectivity index (χ3v) is 5.82. The highest BCUT2D eigenvalue weighted by molar-refractivity contribution is 5.18. The van der Waals surface area contributed by atoms with E-state index in [1.165, 1.54) is 25.9 Å². The fourth-order valence-electron chi connectivity index (χ4n) is 3.63. The number of rotatable bonds is 3. The molecule has 2 heteroatoms. The Kier molecular flexibility index (Phi) is 3.33. The van der Waals surface area contributed by atoms with Crippen LogP contribution in [0.15, 0.2) is 0 Å². The van der Waals surface area contributed by atoms with E-state index in [4.69, 9.17) is 0 Å². The zero-order valence-electron chi connectivity index (χ0n) is 12.5. The molecule has 1 N–H and O–H groups in total. The maximum atomic E-state index is 3.90. The number of nitrogens with zero attached hydrogens (tertiary/aromatic N) is 1. The lowest BCUT2D eigenvalue weighted by atomic mass is 9.91. The van der Waals surface area contributed by atoms with Crippen LogP contribution in [0.3, 0.4) is 0 Å². The molecular weight excluding hydrogens is 208 g/mol. The molecule has 2 aliphatic rings. The summed E-state index contributed by atoms with van der Waals surface area (Å²) in [5.74, 6) is 0.834. The molecular formula is C15H30N2. The van der Waals surface area contributed by atoms with E-state index in [-0.39, 0.29) is 0 Å². The highest BCUT2D eigenvalue weighted by Gasteiger charge is 2.64. The van der Waals surface area contributed by atoms with Gasteiger partial charge in [0.15, 0.2) is 0 Å². The highest BCUT2D eigenvalue weighted by Crippen LogP contribution is 2.62. The van der Waals surface area contributed by atoms with Crippen LogP contribution in [-0.2, 0) is 0 Å². The molecule has 0 spiro atoms. The van der Waals surface area contributed by atoms with Crippen LogP contribution in [0.25, 0.3) is 0 Å². The summed E-state index contributed by atoms with van der Waals surface area (Å²) in [5.41, 5.74) is 0.920. The number of hydrogen-bond acceptors (Lipinski definition) is 2. The van der Waals surface area contributed by atoms with Crippen molar-refractivity contribution < 1.29 is 0 Å². The summed E-state index contributed by atoms with van der Waals surface area (Å²) in [4.78, 5) is 2.48. The zero-order valence-corrected chi connectivity index (χ0v) is 12.5. The van der Waals surface area contributed by atoms with Crippen LogP contribution < -0.4 is 5.32 Å². The number of hydrogen-bond donors (Lipinski definition) is 1. The quantitative estimate of drug-likeness (QED) is 0.813. The summed E-state index contributed by atoms with van der Waals surface area (Å²) < 4.78 is 0. The van der Waals surface area contributed by atoms with Gasteiger partial charge in [0.25, 0.3) is 0 Å². The van der Waals surface area contributed by atoms with Gasteiger partial charge in [-0.3, -0.25) is 0 Å². The molecule has 2 atom stereocenters. The Labute approximate surface area is 107 Å². The van der Waals surface area contributed by atoms with Gasteiger partial charge in [-0.2, -0.15) is 0 Å². The number of likely N-dealkylation sites (tertiary alicyclic amines) is 1. The minimum absolute atomic E-state index is 0.460. The lowest BCUT2D eigenvalue weighted by Crippen LogP contribution is -2.44. The summed E-state index contributed by atoms with van der Waals surface area (Å²) in [6.07, 6.45) is 2.76. The van der Waals surface area contributed by atoms with E-state index in [1.807, 2.05) is 0 Å². The van der Waals surface area contributed by atoms with Crippen molar-refractivity contribution in [2.45, 2.75) is 59.5 Å². The molecule has 0 radical (unpaired) electrons. The van der Waals surface area contributed by atoms with E-state index in [1.54, 1.807) is 0 Å². The molecule has 2 fully saturated rings. The van der Waals surface area contributed by atoms with Crippen LogP contribution in [0.2, 0.25) is 0 Å². The minimum atomic E-state index is 0.460. The first-order valence-corrected chi connectivity index (χ1v) is 7.21. The molecule has 1 saturated carbocycles. The average Bonchev–Trinajstić information content (AvgIpc) is 2.61. The Balaban J connectivity index is 1.88. The van der Waals surface area contributed by atoms with Crippen LogP contribution >= 0.6 is 0 Å². The van der Waals surface area contributed by atoms with E-state index in [2.05, 4.69) is 51.9 Å². The van der Waals surface area contributed by atoms with Crippen molar-refractivity contribution in [2.24, 2.45) is 16.7 Å². The molecule has 1 aliphatic heterocycles. The third kappa shape index (κ3) is 2.26. The van der Waals surface area contributed by atoms with Crippen LogP contribution in [0.1, 0.15) is 47.5 Å². The molecule has 0 amide bonds. The van der Waals surface area contributed by atoms with Crippen LogP contribution in [-0.4, -0.2) is 37.1 Å². The van der Waals surface area contributed by atoms with Gasteiger partial charge in [0.1, 0.15) is 0 Å². The molecule has 17 heavy (non-hydrogen) atoms. The fourth-order valence-corrected chi connectivity index (χ4v) is 3.63. The van der Waals surface area contributed by atoms with E-state index >= 15 is 0 Å². The lowest BCUT2D eigenvalue weighted by molar-refractivity contribution is 0.175. The van der Waals surface area contributed by atoms with E-state index < -0.39 is 0 Å². The lowest BCUT2D eigenvalue weighted by Gasteiger charge is -2.34. The third-order valence-electron chi connectivity index (χ3n) is 5.82. The Hall–Kier alpha value is -0.0800. The fraction of sp³-hybridized carbons (Fsp3) is 1.00. The summed E-state index contributed by atoms with van der Waals surface area (Å²) in [6.45, 7) is 14.5. The molecule has 2 unspecified atom stereocenters. The first-order chi connectivity index (χ1) is 7.76. The second-order valence-electron chi connectivity index (χ2n) is 7.50. The SMILES string of the molecule is CC(NC1C(C)(C)C1(C)C)C1CCCN(C)C1. The average molecular weight is 238 g/mol. The van der Waals surface area contributed by atoms with Crippen molar-refractivity contribution in [3.8, 4) is 0 Å². The van der Waals surface area contributed by atoms with E-state index in [0.29, 0.717) is 22.9 Å². The Morgan fingerprint density at radius 2 is 1.76 bits per heavy atom. The van der Waals surface area contributed by atoms with Gasteiger partial charge in [-0.1, -0.05) is 27.7 Å². The van der Waals surface area contributed by atoms with E-state index in [0.717, 1.165) is 5.92 Å². The Morgan fingerprint density at radius 3 is 2.24 bits per heavy atom. The molecule has 1 saturated heterocycles. The first-order valence-electron chi connectivity index (χ1n) is 7.21. The van der Waals surface area contributed by atoms with Gasteiger partial charge in [-0.05, 0) is 50.1 Å². The van der Waals surface area contributed by atoms with Gasteiger partial charge < -0.3 is 10.2 Å². The number of piperidine rings is 1. The summed E-state index contributed by atoms with van der Waals surface area (Å²) >= 11 is 0. The van der Waals surface area contributed by atoms with E-state index in [9.17, 15) is 0 Å². The summed E-state index contributed by atoms with van der Waals surface area (Å²) in [6, 6.07) is 1.35. The summed E-state index contributed by atoms with van der Waals surface area (Å²) in [5, 5.41) is 3.90. The van der Waals surface area contributed by atoms with Gasteiger partial charge in [-0.15, -0.1) is 0 Å². The van der Waals surface area contributed by atoms with Crippen molar-refractivity contribution in [3.05, 3.63) is 0 Å². The van der Waals surface area contributed by atoms with Gasteiger partial charge >= 0.3 is 0 Å². The first kappa shape index (κ1) is 13.4. The maximum Gasteiger partial charge on any atom is 0.0183 e. The zero-order chi connectivity index (χ0) is 12.8. The second kappa shape index (κ2) is 4.24. The van der Waals surface area contributed by atoms with Gasteiger partial charge in [0, 0.05) is 18.6 Å². The minimum Gasteiger partial charge on any atom is -0.310 e. The van der Waals surface area contributed by atoms with Crippen LogP contribution in [0, 0.1) is 16.7 Å². The Bertz CT molecular complexity index is 269. The normalized spacial score (nSPS) is 34.6. The molecule has 2 nitrogen and oxygen atoms in total. The second-order valence-corrected chi connectivity index (χ2v) is 7.50. The van der Waals surface area contributed by atoms with Crippen LogP contribution in [0.4, 0.5) is 0 Å². The Morgan fingerprint density at radius 1 is 1.18 bits per heavy atom. The standard InChI is InChI=1S/C15H30N2/c1-11(12-8-7-9-17(6)10-12)16-13-14(2,3)15(13,4)5/h11-13,16H,7-10H2,1-6H3. The van der Waals surface area contributed by atoms with Gasteiger partial charge in [-0.25, -0.2) is 0 Å². The van der Waals surface area contributed by atoms with Crippen molar-refractivity contribution >= 4 is 0 Å². The molecule has 0 aromatic heterocycles. The number of nitrogens with one attached hydrogen (secondary N) is 1. The van der Waals surface area contributed by atoms with Crippen LogP contribution in [0.5, 0.6) is 0 Å². The van der Waals surface area contributed by atoms with Crippen molar-refractivity contribution in [2.75, 3.05) is 20.1 Å². The largest absolute Gasteiger partial charge is 0.310 e. The smallest absolute Gasteiger partial charge is 0.0183 e. The predicted octanol–water partition coefficient (Wildman–Crippen LogP) is 2.74. The predicted molar refractivity (Wildman–Crippen MR) is 74.2 cm³/mol. The molecule has 0 aromatic rings. The molecule has 100 valence electrons. The van der Waals surface area contributed by atoms with Crippen molar-refractivity contribution in [3.63, 3.8) is 0 Å². The molecule has 2 rings (SSSR count). The van der Waals surface area contributed by atoms with Crippen molar-refractivity contribution in [1.29, 1.82) is 0 Å². The molecule has 0 bridgehead atoms. The van der Waals surface area contributed by atoms with Gasteiger partial charge in [0.2, 0.25) is 0 Å². The van der Waals surface area contributed by atoms with Crippen molar-refractivity contribution in [1.82, 2.24) is 10.2 Å². The molecule has 1 heterocycles. The summed E-state index contributed by atoms with van der Waals surface area (Å²) in [7, 11) is 2.25. The van der Waals surface area contributed by atoms with Gasteiger partial charge in [0.05, 0.1) is 0 Å². The monoisotopic (exact) mass is 238 g/mol. The molecule has 0 aromatic carbocycles. The maximum absolute atomic E-state index is 3.90. The topological polar surface area (TPSA) is 15.3 Å².